The fourth-order valence-corrected chi connectivity index (χ4v) is 3.42. The number of sulfonamides is 1. The number of hydrogen-bond acceptors (Lipinski definition) is 3. The molecule has 0 saturated heterocycles. The molecule has 26 heavy (non-hydrogen) atoms. The molecule has 0 aliphatic heterocycles. The van der Waals surface area contributed by atoms with Crippen LogP contribution in [0.5, 0.6) is 5.75 Å². The third kappa shape index (κ3) is 4.68. The van der Waals surface area contributed by atoms with Gasteiger partial charge in [0.05, 0.1) is 4.90 Å². The fraction of sp³-hybridized carbons (Fsp3) is 0.100. The molecular formula is C20H18FNO3S. The molecule has 4 nitrogen and oxygen atoms in total. The lowest BCUT2D eigenvalue weighted by molar-refractivity contribution is 0.305. The molecule has 6 heteroatoms. The zero-order valence-corrected chi connectivity index (χ0v) is 14.7. The second-order valence-corrected chi connectivity index (χ2v) is 7.42. The van der Waals surface area contributed by atoms with E-state index in [1.807, 2.05) is 54.6 Å². The highest BCUT2D eigenvalue weighted by molar-refractivity contribution is 7.89. The lowest BCUT2D eigenvalue weighted by atomic mass is 10.1. The van der Waals surface area contributed by atoms with Gasteiger partial charge >= 0.3 is 0 Å². The van der Waals surface area contributed by atoms with E-state index >= 15 is 0 Å². The van der Waals surface area contributed by atoms with Crippen LogP contribution in [0.25, 0.3) is 0 Å². The topological polar surface area (TPSA) is 55.4 Å². The van der Waals surface area contributed by atoms with Gasteiger partial charge in [-0.2, -0.15) is 0 Å². The summed E-state index contributed by atoms with van der Waals surface area (Å²) in [5.74, 6) is 0.265. The number of halogens is 1. The average Bonchev–Trinajstić information content (AvgIpc) is 2.66. The van der Waals surface area contributed by atoms with Crippen LogP contribution in [-0.4, -0.2) is 8.42 Å². The third-order valence-electron chi connectivity index (χ3n) is 3.83. The van der Waals surface area contributed by atoms with E-state index in [-0.39, 0.29) is 11.4 Å². The van der Waals surface area contributed by atoms with Gasteiger partial charge in [-0.15, -0.1) is 0 Å². The van der Waals surface area contributed by atoms with E-state index < -0.39 is 15.8 Å². The number of para-hydroxylation sites is 1. The monoisotopic (exact) mass is 371 g/mol. The van der Waals surface area contributed by atoms with Crippen molar-refractivity contribution in [2.24, 2.45) is 0 Å². The van der Waals surface area contributed by atoms with Gasteiger partial charge in [0, 0.05) is 6.54 Å². The fourth-order valence-electron chi connectivity index (χ4n) is 2.42. The van der Waals surface area contributed by atoms with E-state index in [1.165, 1.54) is 12.1 Å². The first-order chi connectivity index (χ1) is 12.5. The van der Waals surface area contributed by atoms with Crippen molar-refractivity contribution in [2.45, 2.75) is 18.0 Å². The molecule has 3 aromatic rings. The van der Waals surface area contributed by atoms with Crippen molar-refractivity contribution < 1.29 is 17.5 Å². The van der Waals surface area contributed by atoms with Crippen molar-refractivity contribution >= 4 is 10.0 Å². The van der Waals surface area contributed by atoms with Gasteiger partial charge in [0.25, 0.3) is 0 Å². The van der Waals surface area contributed by atoms with Gasteiger partial charge < -0.3 is 4.74 Å². The molecular weight excluding hydrogens is 353 g/mol. The number of ether oxygens (including phenoxy) is 1. The number of nitrogens with one attached hydrogen (secondary N) is 1. The summed E-state index contributed by atoms with van der Waals surface area (Å²) in [5, 5.41) is 0. The summed E-state index contributed by atoms with van der Waals surface area (Å²) in [6.07, 6.45) is 0. The zero-order chi connectivity index (χ0) is 18.4. The maximum absolute atomic E-state index is 13.0. The van der Waals surface area contributed by atoms with Gasteiger partial charge in [0.1, 0.15) is 18.2 Å². The molecule has 0 bridgehead atoms. The Morgan fingerprint density at radius 1 is 0.808 bits per heavy atom. The van der Waals surface area contributed by atoms with Crippen molar-refractivity contribution in [3.05, 3.63) is 95.8 Å². The molecule has 1 N–H and O–H groups in total. The van der Waals surface area contributed by atoms with Gasteiger partial charge in [-0.3, -0.25) is 0 Å². The molecule has 3 rings (SSSR count). The third-order valence-corrected chi connectivity index (χ3v) is 5.25. The van der Waals surface area contributed by atoms with Crippen molar-refractivity contribution in [3.63, 3.8) is 0 Å². The molecule has 0 aromatic heterocycles. The quantitative estimate of drug-likeness (QED) is 0.686. The Hall–Kier alpha value is -2.70. The minimum absolute atomic E-state index is 0.0249. The molecule has 0 amide bonds. The molecule has 0 heterocycles. The van der Waals surface area contributed by atoms with Gasteiger partial charge in [0.15, 0.2) is 0 Å². The standard InChI is InChI=1S/C20H18FNO3S/c21-18-10-12-20(13-11-18)26(23,24)22-14-16-6-4-5-7-17(16)15-25-19-8-2-1-3-9-19/h1-13,22H,14-15H2. The molecule has 0 spiro atoms. The van der Waals surface area contributed by atoms with Gasteiger partial charge in [-0.1, -0.05) is 42.5 Å². The molecule has 0 aliphatic rings. The van der Waals surface area contributed by atoms with Gasteiger partial charge in [-0.25, -0.2) is 17.5 Å². The van der Waals surface area contributed by atoms with E-state index in [0.29, 0.717) is 6.61 Å². The Kier molecular flexibility index (Phi) is 5.65. The second-order valence-electron chi connectivity index (χ2n) is 5.65. The summed E-state index contributed by atoms with van der Waals surface area (Å²) in [4.78, 5) is 0.0249. The Morgan fingerprint density at radius 2 is 1.42 bits per heavy atom. The Bertz CT molecular complexity index is 958. The minimum atomic E-state index is -3.72. The van der Waals surface area contributed by atoms with E-state index in [0.717, 1.165) is 29.0 Å². The van der Waals surface area contributed by atoms with Crippen LogP contribution in [0.2, 0.25) is 0 Å². The molecule has 0 fully saturated rings. The molecule has 3 aromatic carbocycles. The van der Waals surface area contributed by atoms with Crippen LogP contribution in [-0.2, 0) is 23.2 Å². The molecule has 134 valence electrons. The SMILES string of the molecule is O=S(=O)(NCc1ccccc1COc1ccccc1)c1ccc(F)cc1. The first kappa shape index (κ1) is 18.1. The second kappa shape index (κ2) is 8.12. The number of hydrogen-bond donors (Lipinski definition) is 1. The van der Waals surface area contributed by atoms with Crippen LogP contribution in [0.1, 0.15) is 11.1 Å². The number of benzene rings is 3. The highest BCUT2D eigenvalue weighted by Gasteiger charge is 2.14. The predicted molar refractivity (Wildman–Crippen MR) is 97.6 cm³/mol. The summed E-state index contributed by atoms with van der Waals surface area (Å²) in [5.41, 5.74) is 1.70. The van der Waals surface area contributed by atoms with Gasteiger partial charge in [0.2, 0.25) is 10.0 Å². The van der Waals surface area contributed by atoms with E-state index in [9.17, 15) is 12.8 Å². The van der Waals surface area contributed by atoms with Crippen LogP contribution in [0.3, 0.4) is 0 Å². The van der Waals surface area contributed by atoms with Crippen LogP contribution in [0.15, 0.2) is 83.8 Å². The Balaban J connectivity index is 1.69. The highest BCUT2D eigenvalue weighted by Crippen LogP contribution is 2.16. The molecule has 0 unspecified atom stereocenters. The predicted octanol–water partition coefficient (Wildman–Crippen LogP) is 3.88. The largest absolute Gasteiger partial charge is 0.489 e. The molecule has 0 atom stereocenters. The van der Waals surface area contributed by atoms with Gasteiger partial charge in [-0.05, 0) is 47.5 Å². The van der Waals surface area contributed by atoms with E-state index in [1.54, 1.807) is 0 Å². The van der Waals surface area contributed by atoms with Crippen molar-refractivity contribution in [1.29, 1.82) is 0 Å². The molecule has 0 aliphatic carbocycles. The Labute approximate surface area is 152 Å². The Morgan fingerprint density at radius 3 is 2.12 bits per heavy atom. The first-order valence-electron chi connectivity index (χ1n) is 8.04. The first-order valence-corrected chi connectivity index (χ1v) is 9.53. The van der Waals surface area contributed by atoms with E-state index in [2.05, 4.69) is 4.72 Å². The highest BCUT2D eigenvalue weighted by atomic mass is 32.2. The van der Waals surface area contributed by atoms with Crippen molar-refractivity contribution in [2.75, 3.05) is 0 Å². The minimum Gasteiger partial charge on any atom is -0.489 e. The lowest BCUT2D eigenvalue weighted by Crippen LogP contribution is -2.24. The molecule has 0 radical (unpaired) electrons. The van der Waals surface area contributed by atoms with Crippen LogP contribution in [0, 0.1) is 5.82 Å². The van der Waals surface area contributed by atoms with Crippen LogP contribution in [0.4, 0.5) is 4.39 Å². The summed E-state index contributed by atoms with van der Waals surface area (Å²) >= 11 is 0. The zero-order valence-electron chi connectivity index (χ0n) is 13.9. The summed E-state index contributed by atoms with van der Waals surface area (Å²) in [6.45, 7) is 0.451. The van der Waals surface area contributed by atoms with Crippen LogP contribution < -0.4 is 9.46 Å². The molecule has 0 saturated carbocycles. The maximum atomic E-state index is 13.0. The maximum Gasteiger partial charge on any atom is 0.240 e. The van der Waals surface area contributed by atoms with Crippen LogP contribution >= 0.6 is 0 Å². The van der Waals surface area contributed by atoms with Crippen molar-refractivity contribution in [1.82, 2.24) is 4.72 Å². The summed E-state index contributed by atoms with van der Waals surface area (Å²) < 4.78 is 45.9. The van der Waals surface area contributed by atoms with Crippen molar-refractivity contribution in [3.8, 4) is 5.75 Å². The summed E-state index contributed by atoms with van der Waals surface area (Å²) in [7, 11) is -3.72. The van der Waals surface area contributed by atoms with E-state index in [4.69, 9.17) is 4.74 Å². The number of rotatable bonds is 7. The summed E-state index contributed by atoms with van der Waals surface area (Å²) in [6, 6.07) is 21.6. The average molecular weight is 371 g/mol. The normalized spacial score (nSPS) is 11.3. The lowest BCUT2D eigenvalue weighted by Gasteiger charge is -2.12. The smallest absolute Gasteiger partial charge is 0.240 e.